The molecule has 0 aliphatic carbocycles. The largest absolute Gasteiger partial charge is 0.493 e. The lowest BCUT2D eigenvalue weighted by Crippen LogP contribution is -2.19. The maximum atomic E-state index is 12.5. The molecular formula is C27H22ClN3O4. The fourth-order valence-electron chi connectivity index (χ4n) is 3.28. The molecule has 1 aromatic heterocycles. The molecule has 35 heavy (non-hydrogen) atoms. The first-order chi connectivity index (χ1) is 16.9. The van der Waals surface area contributed by atoms with Crippen molar-refractivity contribution >= 4 is 29.2 Å². The SMILES string of the molecule is COc1cc(/C(C)=N/NC(=O)c2ccc(-n3cccc3)cc2)ccc1OC(=O)c1ccc(Cl)cc1. The highest BCUT2D eigenvalue weighted by Gasteiger charge is 2.14. The highest BCUT2D eigenvalue weighted by Crippen LogP contribution is 2.29. The summed E-state index contributed by atoms with van der Waals surface area (Å²) in [6, 6.07) is 22.5. The van der Waals surface area contributed by atoms with Crippen LogP contribution in [-0.4, -0.2) is 29.3 Å². The maximum Gasteiger partial charge on any atom is 0.343 e. The number of hydrazone groups is 1. The van der Waals surface area contributed by atoms with Gasteiger partial charge in [0.05, 0.1) is 18.4 Å². The van der Waals surface area contributed by atoms with Crippen molar-refractivity contribution in [3.8, 4) is 17.2 Å². The summed E-state index contributed by atoms with van der Waals surface area (Å²) < 4.78 is 12.8. The number of nitrogens with one attached hydrogen (secondary N) is 1. The Morgan fingerprint density at radius 1 is 0.857 bits per heavy atom. The number of carbonyl (C=O) groups excluding carboxylic acids is 2. The van der Waals surface area contributed by atoms with Crippen LogP contribution in [0, 0.1) is 0 Å². The first-order valence-electron chi connectivity index (χ1n) is 10.7. The Bertz CT molecular complexity index is 1360. The van der Waals surface area contributed by atoms with Gasteiger partial charge in [-0.15, -0.1) is 0 Å². The second-order valence-corrected chi connectivity index (χ2v) is 7.97. The molecule has 0 saturated heterocycles. The number of nitrogens with zero attached hydrogens (tertiary/aromatic N) is 2. The molecule has 1 amide bonds. The van der Waals surface area contributed by atoms with Gasteiger partial charge in [-0.2, -0.15) is 5.10 Å². The van der Waals surface area contributed by atoms with Gasteiger partial charge >= 0.3 is 5.97 Å². The summed E-state index contributed by atoms with van der Waals surface area (Å²) in [5, 5.41) is 4.73. The van der Waals surface area contributed by atoms with Crippen molar-refractivity contribution in [2.24, 2.45) is 5.10 Å². The zero-order valence-electron chi connectivity index (χ0n) is 19.1. The van der Waals surface area contributed by atoms with E-state index in [0.29, 0.717) is 33.2 Å². The number of methoxy groups -OCH3 is 1. The minimum atomic E-state index is -0.534. The number of halogens is 1. The Morgan fingerprint density at radius 2 is 1.49 bits per heavy atom. The third-order valence-electron chi connectivity index (χ3n) is 5.22. The summed E-state index contributed by atoms with van der Waals surface area (Å²) in [6.07, 6.45) is 3.86. The van der Waals surface area contributed by atoms with E-state index in [1.54, 1.807) is 61.5 Å². The fraction of sp³-hybridized carbons (Fsp3) is 0.0741. The van der Waals surface area contributed by atoms with Gasteiger partial charge in [0.25, 0.3) is 5.91 Å². The van der Waals surface area contributed by atoms with Crippen LogP contribution in [0.25, 0.3) is 5.69 Å². The van der Waals surface area contributed by atoms with Crippen molar-refractivity contribution in [3.63, 3.8) is 0 Å². The second-order valence-electron chi connectivity index (χ2n) is 7.54. The molecule has 0 radical (unpaired) electrons. The average Bonchev–Trinajstić information content (AvgIpc) is 3.43. The molecular weight excluding hydrogens is 466 g/mol. The molecule has 1 N–H and O–H groups in total. The molecule has 7 nitrogen and oxygen atoms in total. The molecule has 0 bridgehead atoms. The number of esters is 1. The van der Waals surface area contributed by atoms with Crippen LogP contribution in [0.2, 0.25) is 5.02 Å². The van der Waals surface area contributed by atoms with Gasteiger partial charge in [0.1, 0.15) is 0 Å². The van der Waals surface area contributed by atoms with Crippen LogP contribution in [0.4, 0.5) is 0 Å². The third kappa shape index (κ3) is 5.77. The summed E-state index contributed by atoms with van der Waals surface area (Å²) >= 11 is 5.87. The first kappa shape index (κ1) is 23.8. The normalized spacial score (nSPS) is 11.1. The predicted octanol–water partition coefficient (Wildman–Crippen LogP) is 5.51. The zero-order chi connectivity index (χ0) is 24.8. The molecule has 0 unspecified atom stereocenters. The first-order valence-corrected chi connectivity index (χ1v) is 11.1. The second kappa shape index (κ2) is 10.7. The highest BCUT2D eigenvalue weighted by molar-refractivity contribution is 6.30. The van der Waals surface area contributed by atoms with Crippen molar-refractivity contribution in [2.75, 3.05) is 7.11 Å². The number of ether oxygens (including phenoxy) is 2. The smallest absolute Gasteiger partial charge is 0.343 e. The summed E-state index contributed by atoms with van der Waals surface area (Å²) in [5.74, 6) is -0.251. The molecule has 0 atom stereocenters. The lowest BCUT2D eigenvalue weighted by Gasteiger charge is -2.11. The third-order valence-corrected chi connectivity index (χ3v) is 5.47. The molecule has 8 heteroatoms. The van der Waals surface area contributed by atoms with Crippen LogP contribution in [-0.2, 0) is 0 Å². The molecule has 1 heterocycles. The van der Waals surface area contributed by atoms with Gasteiger partial charge in [0.15, 0.2) is 11.5 Å². The Hall–Kier alpha value is -4.36. The number of amides is 1. The lowest BCUT2D eigenvalue weighted by molar-refractivity contribution is 0.0729. The Morgan fingerprint density at radius 3 is 2.14 bits per heavy atom. The van der Waals surface area contributed by atoms with E-state index in [1.807, 2.05) is 41.2 Å². The van der Waals surface area contributed by atoms with Gasteiger partial charge in [-0.05, 0) is 85.8 Å². The average molecular weight is 488 g/mol. The molecule has 0 aliphatic rings. The number of carbonyl (C=O) groups is 2. The van der Waals surface area contributed by atoms with Crippen LogP contribution in [0.3, 0.4) is 0 Å². The monoisotopic (exact) mass is 487 g/mol. The Balaban J connectivity index is 1.43. The van der Waals surface area contributed by atoms with Crippen molar-refractivity contribution < 1.29 is 19.1 Å². The van der Waals surface area contributed by atoms with Crippen molar-refractivity contribution in [1.82, 2.24) is 9.99 Å². The van der Waals surface area contributed by atoms with Gasteiger partial charge in [0, 0.05) is 34.2 Å². The van der Waals surface area contributed by atoms with E-state index in [0.717, 1.165) is 5.69 Å². The molecule has 0 spiro atoms. The minimum absolute atomic E-state index is 0.260. The van der Waals surface area contributed by atoms with Crippen molar-refractivity contribution in [1.29, 1.82) is 0 Å². The zero-order valence-corrected chi connectivity index (χ0v) is 19.8. The highest BCUT2D eigenvalue weighted by atomic mass is 35.5. The summed E-state index contributed by atoms with van der Waals surface area (Å²) in [6.45, 7) is 1.75. The van der Waals surface area contributed by atoms with Crippen LogP contribution >= 0.6 is 11.6 Å². The van der Waals surface area contributed by atoms with E-state index < -0.39 is 5.97 Å². The molecule has 0 saturated carbocycles. The van der Waals surface area contributed by atoms with Gasteiger partial charge in [-0.1, -0.05) is 11.6 Å². The number of hydrogen-bond acceptors (Lipinski definition) is 5. The van der Waals surface area contributed by atoms with Crippen LogP contribution in [0.1, 0.15) is 33.2 Å². The van der Waals surface area contributed by atoms with E-state index >= 15 is 0 Å². The Kier molecular flexibility index (Phi) is 7.28. The topological polar surface area (TPSA) is 81.9 Å². The quantitative estimate of drug-likeness (QED) is 0.161. The molecule has 0 fully saturated rings. The van der Waals surface area contributed by atoms with Gasteiger partial charge in [-0.3, -0.25) is 4.79 Å². The van der Waals surface area contributed by atoms with Crippen LogP contribution in [0.15, 0.2) is 96.4 Å². The molecule has 4 aromatic rings. The maximum absolute atomic E-state index is 12.5. The van der Waals surface area contributed by atoms with Crippen molar-refractivity contribution in [2.45, 2.75) is 6.92 Å². The van der Waals surface area contributed by atoms with E-state index in [1.165, 1.54) is 7.11 Å². The summed E-state index contributed by atoms with van der Waals surface area (Å²) in [7, 11) is 1.48. The van der Waals surface area contributed by atoms with E-state index in [4.69, 9.17) is 21.1 Å². The number of benzene rings is 3. The molecule has 0 aliphatic heterocycles. The molecule has 4 rings (SSSR count). The summed E-state index contributed by atoms with van der Waals surface area (Å²) in [5.41, 5.74) is 5.61. The number of hydrogen-bond donors (Lipinski definition) is 1. The van der Waals surface area contributed by atoms with Gasteiger partial charge < -0.3 is 14.0 Å². The summed E-state index contributed by atoms with van der Waals surface area (Å²) in [4.78, 5) is 24.9. The predicted molar refractivity (Wildman–Crippen MR) is 135 cm³/mol. The molecule has 176 valence electrons. The van der Waals surface area contributed by atoms with E-state index in [2.05, 4.69) is 10.5 Å². The molecule has 3 aromatic carbocycles. The van der Waals surface area contributed by atoms with Gasteiger partial charge in [0.2, 0.25) is 0 Å². The number of rotatable bonds is 7. The van der Waals surface area contributed by atoms with Gasteiger partial charge in [-0.25, -0.2) is 10.2 Å². The van der Waals surface area contributed by atoms with Crippen LogP contribution in [0.5, 0.6) is 11.5 Å². The lowest BCUT2D eigenvalue weighted by atomic mass is 10.1. The van der Waals surface area contributed by atoms with Crippen LogP contribution < -0.4 is 14.9 Å². The fourth-order valence-corrected chi connectivity index (χ4v) is 3.40. The number of aromatic nitrogens is 1. The standard InChI is InChI=1S/C27H22ClN3O4/c1-18(29-30-26(32)19-7-12-23(13-8-19)31-15-3-4-16-31)21-9-14-24(25(17-21)34-2)35-27(33)20-5-10-22(28)11-6-20/h3-17H,1-2H3,(H,30,32)/b29-18+. The Labute approximate surface area is 207 Å². The van der Waals surface area contributed by atoms with Crippen molar-refractivity contribution in [3.05, 3.63) is 113 Å². The van der Waals surface area contributed by atoms with E-state index in [9.17, 15) is 9.59 Å². The minimum Gasteiger partial charge on any atom is -0.493 e. The van der Waals surface area contributed by atoms with E-state index in [-0.39, 0.29) is 11.7 Å².